The van der Waals surface area contributed by atoms with Crippen LogP contribution in [0.5, 0.6) is 0 Å². The molecule has 0 aliphatic heterocycles. The first kappa shape index (κ1) is 14.0. The number of hydrogen-bond acceptors (Lipinski definition) is 4. The Morgan fingerprint density at radius 1 is 1.19 bits per heavy atom. The Hall–Kier alpha value is -1.91. The molecular formula is C16H12ClNO2S. The second-order valence-corrected chi connectivity index (χ2v) is 5.88. The van der Waals surface area contributed by atoms with Crippen molar-refractivity contribution in [3.63, 3.8) is 0 Å². The van der Waals surface area contributed by atoms with Crippen molar-refractivity contribution in [3.8, 4) is 0 Å². The number of aromatic nitrogens is 1. The summed E-state index contributed by atoms with van der Waals surface area (Å²) in [5, 5.41) is 1.36. The number of pyridine rings is 1. The van der Waals surface area contributed by atoms with Gasteiger partial charge in [0.1, 0.15) is 4.88 Å². The molecule has 2 heterocycles. The maximum atomic E-state index is 12.1. The van der Waals surface area contributed by atoms with Gasteiger partial charge in [-0.1, -0.05) is 35.9 Å². The highest BCUT2D eigenvalue weighted by Crippen LogP contribution is 2.35. The number of rotatable bonds is 4. The molecule has 0 radical (unpaired) electrons. The molecule has 3 aromatic rings. The SMILES string of the molecule is O=C(OCCc1ccccn1)c1sc2ccccc2c1Cl. The average Bonchev–Trinajstić information content (AvgIpc) is 2.86. The summed E-state index contributed by atoms with van der Waals surface area (Å²) in [7, 11) is 0. The predicted octanol–water partition coefficient (Wildman–Crippen LogP) is 4.35. The first-order chi connectivity index (χ1) is 10.3. The minimum Gasteiger partial charge on any atom is -0.461 e. The monoisotopic (exact) mass is 317 g/mol. The molecule has 0 aliphatic rings. The maximum absolute atomic E-state index is 12.1. The summed E-state index contributed by atoms with van der Waals surface area (Å²) in [6.07, 6.45) is 2.31. The lowest BCUT2D eigenvalue weighted by Crippen LogP contribution is -2.07. The third-order valence-corrected chi connectivity index (χ3v) is 4.69. The van der Waals surface area contributed by atoms with Crippen LogP contribution >= 0.6 is 22.9 Å². The van der Waals surface area contributed by atoms with E-state index < -0.39 is 0 Å². The van der Waals surface area contributed by atoms with Gasteiger partial charge in [-0.3, -0.25) is 4.98 Å². The fourth-order valence-corrected chi connectivity index (χ4v) is 3.41. The predicted molar refractivity (Wildman–Crippen MR) is 85.1 cm³/mol. The van der Waals surface area contributed by atoms with Crippen molar-refractivity contribution < 1.29 is 9.53 Å². The van der Waals surface area contributed by atoms with Gasteiger partial charge in [0.2, 0.25) is 0 Å². The molecule has 0 aliphatic carbocycles. The summed E-state index contributed by atoms with van der Waals surface area (Å²) < 4.78 is 6.27. The number of carbonyl (C=O) groups excluding carboxylic acids is 1. The Morgan fingerprint density at radius 2 is 2.00 bits per heavy atom. The first-order valence-electron chi connectivity index (χ1n) is 6.50. The van der Waals surface area contributed by atoms with Crippen molar-refractivity contribution in [1.82, 2.24) is 4.98 Å². The summed E-state index contributed by atoms with van der Waals surface area (Å²) in [5.74, 6) is -0.378. The highest BCUT2D eigenvalue weighted by atomic mass is 35.5. The molecule has 1 aromatic carbocycles. The average molecular weight is 318 g/mol. The number of fused-ring (bicyclic) bond motifs is 1. The molecule has 21 heavy (non-hydrogen) atoms. The summed E-state index contributed by atoms with van der Waals surface area (Å²) >= 11 is 7.60. The molecule has 5 heteroatoms. The van der Waals surface area contributed by atoms with E-state index in [4.69, 9.17) is 16.3 Å². The number of hydrogen-bond donors (Lipinski definition) is 0. The topological polar surface area (TPSA) is 39.2 Å². The van der Waals surface area contributed by atoms with Gasteiger partial charge in [0.25, 0.3) is 0 Å². The molecule has 0 spiro atoms. The van der Waals surface area contributed by atoms with E-state index >= 15 is 0 Å². The van der Waals surface area contributed by atoms with Gasteiger partial charge in [0.05, 0.1) is 11.6 Å². The van der Waals surface area contributed by atoms with Crippen LogP contribution in [0.4, 0.5) is 0 Å². The molecule has 2 aromatic heterocycles. The van der Waals surface area contributed by atoms with E-state index in [0.717, 1.165) is 15.8 Å². The van der Waals surface area contributed by atoms with Gasteiger partial charge in [-0.2, -0.15) is 0 Å². The van der Waals surface area contributed by atoms with Crippen LogP contribution in [0, 0.1) is 0 Å². The molecule has 0 unspecified atom stereocenters. The number of thiophene rings is 1. The second kappa shape index (κ2) is 6.24. The lowest BCUT2D eigenvalue weighted by Gasteiger charge is -2.03. The smallest absolute Gasteiger partial charge is 0.349 e. The van der Waals surface area contributed by atoms with E-state index in [1.165, 1.54) is 11.3 Å². The summed E-state index contributed by atoms with van der Waals surface area (Å²) in [5.41, 5.74) is 0.896. The molecule has 3 rings (SSSR count). The molecular weight excluding hydrogens is 306 g/mol. The van der Waals surface area contributed by atoms with Gasteiger partial charge >= 0.3 is 5.97 Å². The van der Waals surface area contributed by atoms with Crippen LogP contribution in [0.15, 0.2) is 48.7 Å². The minimum absolute atomic E-state index is 0.292. The van der Waals surface area contributed by atoms with Crippen LogP contribution in [0.3, 0.4) is 0 Å². The zero-order valence-corrected chi connectivity index (χ0v) is 12.7. The Balaban J connectivity index is 1.68. The van der Waals surface area contributed by atoms with Crippen LogP contribution < -0.4 is 0 Å². The zero-order chi connectivity index (χ0) is 14.7. The van der Waals surface area contributed by atoms with Gasteiger partial charge in [0.15, 0.2) is 0 Å². The maximum Gasteiger partial charge on any atom is 0.349 e. The number of esters is 1. The Bertz CT molecular complexity index is 770. The number of ether oxygens (including phenoxy) is 1. The van der Waals surface area contributed by atoms with Crippen molar-refractivity contribution in [3.05, 3.63) is 64.3 Å². The molecule has 0 atom stereocenters. The number of benzene rings is 1. The normalized spacial score (nSPS) is 10.7. The van der Waals surface area contributed by atoms with Crippen LogP contribution in [0.2, 0.25) is 5.02 Å². The largest absolute Gasteiger partial charge is 0.461 e. The van der Waals surface area contributed by atoms with Gasteiger partial charge in [0, 0.05) is 28.4 Å². The van der Waals surface area contributed by atoms with E-state index in [2.05, 4.69) is 4.98 Å². The first-order valence-corrected chi connectivity index (χ1v) is 7.69. The highest BCUT2D eigenvalue weighted by Gasteiger charge is 2.18. The zero-order valence-electron chi connectivity index (χ0n) is 11.1. The standard InChI is InChI=1S/C16H12ClNO2S/c17-14-12-6-1-2-7-13(12)21-15(14)16(19)20-10-8-11-5-3-4-9-18-11/h1-7,9H,8,10H2. The van der Waals surface area contributed by atoms with E-state index in [1.807, 2.05) is 42.5 Å². The minimum atomic E-state index is -0.378. The summed E-state index contributed by atoms with van der Waals surface area (Å²) in [4.78, 5) is 16.8. The van der Waals surface area contributed by atoms with E-state index in [-0.39, 0.29) is 5.97 Å². The Labute approximate surface area is 131 Å². The molecule has 0 fully saturated rings. The second-order valence-electron chi connectivity index (χ2n) is 4.45. The highest BCUT2D eigenvalue weighted by molar-refractivity contribution is 7.21. The molecule has 0 bridgehead atoms. The van der Waals surface area contributed by atoms with Crippen LogP contribution in [-0.2, 0) is 11.2 Å². The lowest BCUT2D eigenvalue weighted by molar-refractivity contribution is 0.0514. The number of halogens is 1. The van der Waals surface area contributed by atoms with E-state index in [0.29, 0.717) is 22.9 Å². The molecule has 0 saturated heterocycles. The van der Waals surface area contributed by atoms with Crippen LogP contribution in [-0.4, -0.2) is 17.6 Å². The van der Waals surface area contributed by atoms with Gasteiger partial charge in [-0.15, -0.1) is 11.3 Å². The van der Waals surface area contributed by atoms with Crippen molar-refractivity contribution in [2.75, 3.05) is 6.61 Å². The van der Waals surface area contributed by atoms with Crippen molar-refractivity contribution in [2.24, 2.45) is 0 Å². The number of carbonyl (C=O) groups is 1. The summed E-state index contributed by atoms with van der Waals surface area (Å²) in [6.45, 7) is 0.292. The quantitative estimate of drug-likeness (QED) is 0.672. The van der Waals surface area contributed by atoms with Crippen molar-refractivity contribution in [1.29, 1.82) is 0 Å². The van der Waals surface area contributed by atoms with Crippen molar-refractivity contribution >= 4 is 39.0 Å². The number of nitrogens with zero attached hydrogens (tertiary/aromatic N) is 1. The Morgan fingerprint density at radius 3 is 2.76 bits per heavy atom. The molecule has 0 N–H and O–H groups in total. The van der Waals surface area contributed by atoms with E-state index in [1.54, 1.807) is 6.20 Å². The molecule has 0 saturated carbocycles. The fourth-order valence-electron chi connectivity index (χ4n) is 2.01. The van der Waals surface area contributed by atoms with Gasteiger partial charge < -0.3 is 4.74 Å². The fraction of sp³-hybridized carbons (Fsp3) is 0.125. The third-order valence-electron chi connectivity index (χ3n) is 3.04. The molecule has 106 valence electrons. The molecule has 3 nitrogen and oxygen atoms in total. The Kier molecular flexibility index (Phi) is 4.18. The van der Waals surface area contributed by atoms with Gasteiger partial charge in [-0.25, -0.2) is 4.79 Å². The van der Waals surface area contributed by atoms with Gasteiger partial charge in [-0.05, 0) is 18.2 Å². The van der Waals surface area contributed by atoms with Crippen LogP contribution in [0.1, 0.15) is 15.4 Å². The lowest BCUT2D eigenvalue weighted by atomic mass is 10.2. The van der Waals surface area contributed by atoms with E-state index in [9.17, 15) is 4.79 Å². The third kappa shape index (κ3) is 3.06. The molecule has 0 amide bonds. The van der Waals surface area contributed by atoms with Crippen LogP contribution in [0.25, 0.3) is 10.1 Å². The summed E-state index contributed by atoms with van der Waals surface area (Å²) in [6, 6.07) is 13.3. The van der Waals surface area contributed by atoms with Crippen molar-refractivity contribution in [2.45, 2.75) is 6.42 Å².